The third-order valence-corrected chi connectivity index (χ3v) is 5.65. The first-order chi connectivity index (χ1) is 15.4. The van der Waals surface area contributed by atoms with Gasteiger partial charge in [0.05, 0.1) is 29.1 Å². The van der Waals surface area contributed by atoms with Crippen LogP contribution in [-0.4, -0.2) is 44.6 Å². The zero-order chi connectivity index (χ0) is 23.1. The summed E-state index contributed by atoms with van der Waals surface area (Å²) in [6.07, 6.45) is 0. The van der Waals surface area contributed by atoms with E-state index < -0.39 is 5.97 Å². The Morgan fingerprint density at radius 2 is 1.88 bits per heavy atom. The molecule has 11 heteroatoms. The molecule has 0 aliphatic rings. The predicted molar refractivity (Wildman–Crippen MR) is 121 cm³/mol. The summed E-state index contributed by atoms with van der Waals surface area (Å²) >= 11 is 7.26. The second kappa shape index (κ2) is 10.9. The molecule has 0 saturated carbocycles. The Balaban J connectivity index is 1.59. The van der Waals surface area contributed by atoms with Crippen LogP contribution >= 0.6 is 23.4 Å². The van der Waals surface area contributed by atoms with E-state index in [1.807, 2.05) is 11.5 Å². The number of carbonyl (C=O) groups is 2. The number of aromatic carboxylic acids is 1. The number of carboxylic acids is 1. The summed E-state index contributed by atoms with van der Waals surface area (Å²) in [5, 5.41) is 20.9. The number of hydrogen-bond donors (Lipinski definition) is 2. The van der Waals surface area contributed by atoms with Crippen LogP contribution in [0, 0.1) is 0 Å². The number of carboxylic acid groups (broad SMARTS) is 1. The molecule has 1 amide bonds. The van der Waals surface area contributed by atoms with Gasteiger partial charge in [-0.05, 0) is 49.4 Å². The van der Waals surface area contributed by atoms with E-state index in [4.69, 9.17) is 26.2 Å². The lowest BCUT2D eigenvalue weighted by Crippen LogP contribution is -2.15. The van der Waals surface area contributed by atoms with Gasteiger partial charge in [-0.15, -0.1) is 10.2 Å². The van der Waals surface area contributed by atoms with E-state index in [2.05, 4.69) is 15.5 Å². The zero-order valence-electron chi connectivity index (χ0n) is 17.4. The highest BCUT2D eigenvalue weighted by molar-refractivity contribution is 7.99. The maximum atomic E-state index is 12.4. The molecule has 3 aromatic rings. The standard InChI is InChI=1S/C21H21ClN4O5S/c1-3-26-18(11-31-15-7-5-14(30-2)6-8-15)24-25-21(26)32-12-19(27)23-17-10-13(20(28)29)4-9-16(17)22/h4-10H,3,11-12H2,1-2H3,(H,23,27)(H,28,29). The number of aromatic nitrogens is 3. The van der Waals surface area contributed by atoms with Crippen molar-refractivity contribution in [3.8, 4) is 11.5 Å². The molecule has 168 valence electrons. The number of nitrogens with zero attached hydrogens (tertiary/aromatic N) is 3. The van der Waals surface area contributed by atoms with Crippen molar-refractivity contribution < 1.29 is 24.2 Å². The van der Waals surface area contributed by atoms with Crippen molar-refractivity contribution in [2.24, 2.45) is 0 Å². The van der Waals surface area contributed by atoms with Gasteiger partial charge in [-0.2, -0.15) is 0 Å². The number of methoxy groups -OCH3 is 1. The van der Waals surface area contributed by atoms with Crippen LogP contribution in [0.3, 0.4) is 0 Å². The number of anilines is 1. The minimum absolute atomic E-state index is 0.0320. The molecule has 32 heavy (non-hydrogen) atoms. The second-order valence-corrected chi connectivity index (χ2v) is 7.79. The molecule has 0 aliphatic heterocycles. The topological polar surface area (TPSA) is 116 Å². The van der Waals surface area contributed by atoms with Crippen LogP contribution in [0.2, 0.25) is 5.02 Å². The van der Waals surface area contributed by atoms with Gasteiger partial charge >= 0.3 is 5.97 Å². The molecule has 0 atom stereocenters. The number of halogens is 1. The molecule has 0 aliphatic carbocycles. The molecule has 1 heterocycles. The van der Waals surface area contributed by atoms with Crippen LogP contribution in [-0.2, 0) is 17.9 Å². The van der Waals surface area contributed by atoms with Crippen molar-refractivity contribution in [1.29, 1.82) is 0 Å². The van der Waals surface area contributed by atoms with Crippen LogP contribution in [0.1, 0.15) is 23.1 Å². The van der Waals surface area contributed by atoms with E-state index in [9.17, 15) is 9.59 Å². The van der Waals surface area contributed by atoms with E-state index in [-0.39, 0.29) is 34.5 Å². The monoisotopic (exact) mass is 476 g/mol. The fraction of sp³-hybridized carbons (Fsp3) is 0.238. The molecule has 0 radical (unpaired) electrons. The normalized spacial score (nSPS) is 10.6. The van der Waals surface area contributed by atoms with Gasteiger partial charge in [0.25, 0.3) is 0 Å². The minimum Gasteiger partial charge on any atom is -0.497 e. The first kappa shape index (κ1) is 23.4. The first-order valence-corrected chi connectivity index (χ1v) is 10.9. The Kier molecular flexibility index (Phi) is 7.96. The number of ether oxygens (including phenoxy) is 2. The molecule has 0 unspecified atom stereocenters. The van der Waals surface area contributed by atoms with Crippen molar-refractivity contribution in [3.63, 3.8) is 0 Å². The van der Waals surface area contributed by atoms with E-state index in [0.29, 0.717) is 23.3 Å². The Morgan fingerprint density at radius 3 is 2.53 bits per heavy atom. The van der Waals surface area contributed by atoms with E-state index in [0.717, 1.165) is 5.75 Å². The molecule has 9 nitrogen and oxygen atoms in total. The lowest BCUT2D eigenvalue weighted by molar-refractivity contribution is -0.113. The van der Waals surface area contributed by atoms with Crippen molar-refractivity contribution in [1.82, 2.24) is 14.8 Å². The zero-order valence-corrected chi connectivity index (χ0v) is 18.9. The van der Waals surface area contributed by atoms with Gasteiger partial charge in [-0.1, -0.05) is 23.4 Å². The molecule has 3 rings (SSSR count). The third kappa shape index (κ3) is 5.92. The van der Waals surface area contributed by atoms with Crippen molar-refractivity contribution in [2.75, 3.05) is 18.2 Å². The van der Waals surface area contributed by atoms with Crippen molar-refractivity contribution >= 4 is 40.9 Å². The number of amides is 1. The number of rotatable bonds is 10. The number of thioether (sulfide) groups is 1. The van der Waals surface area contributed by atoms with Crippen LogP contribution in [0.15, 0.2) is 47.6 Å². The summed E-state index contributed by atoms with van der Waals surface area (Å²) in [6.45, 7) is 2.77. The maximum Gasteiger partial charge on any atom is 0.335 e. The van der Waals surface area contributed by atoms with Crippen LogP contribution in [0.25, 0.3) is 0 Å². The fourth-order valence-electron chi connectivity index (χ4n) is 2.74. The number of nitrogens with one attached hydrogen (secondary N) is 1. The summed E-state index contributed by atoms with van der Waals surface area (Å²) in [5.74, 6) is 0.634. The quantitative estimate of drug-likeness (QED) is 0.422. The molecular weight excluding hydrogens is 456 g/mol. The van der Waals surface area contributed by atoms with Gasteiger partial charge in [0.15, 0.2) is 11.0 Å². The number of carbonyl (C=O) groups excluding carboxylic acids is 1. The predicted octanol–water partition coefficient (Wildman–Crippen LogP) is 3.97. The van der Waals surface area contributed by atoms with E-state index >= 15 is 0 Å². The highest BCUT2D eigenvalue weighted by Crippen LogP contribution is 2.24. The van der Waals surface area contributed by atoms with E-state index in [1.54, 1.807) is 31.4 Å². The summed E-state index contributed by atoms with van der Waals surface area (Å²) in [7, 11) is 1.60. The van der Waals surface area contributed by atoms with Crippen LogP contribution in [0.4, 0.5) is 5.69 Å². The molecule has 0 saturated heterocycles. The van der Waals surface area contributed by atoms with Crippen LogP contribution in [0.5, 0.6) is 11.5 Å². The largest absolute Gasteiger partial charge is 0.497 e. The fourth-order valence-corrected chi connectivity index (χ4v) is 3.73. The highest BCUT2D eigenvalue weighted by atomic mass is 35.5. The Labute approximate surface area is 193 Å². The number of benzene rings is 2. The molecule has 1 aromatic heterocycles. The molecule has 0 spiro atoms. The summed E-state index contributed by atoms with van der Waals surface area (Å²) in [6, 6.07) is 11.3. The molecule has 0 bridgehead atoms. The van der Waals surface area contributed by atoms with Gasteiger partial charge < -0.3 is 24.5 Å². The molecule has 2 N–H and O–H groups in total. The molecular formula is C21H21ClN4O5S. The smallest absolute Gasteiger partial charge is 0.335 e. The maximum absolute atomic E-state index is 12.4. The minimum atomic E-state index is -1.10. The average Bonchev–Trinajstić information content (AvgIpc) is 3.19. The Hall–Kier alpha value is -3.24. The number of hydrogen-bond acceptors (Lipinski definition) is 7. The molecule has 0 fully saturated rings. The third-order valence-electron chi connectivity index (χ3n) is 4.36. The lowest BCUT2D eigenvalue weighted by Gasteiger charge is -2.10. The van der Waals surface area contributed by atoms with Gasteiger partial charge in [0.1, 0.15) is 18.1 Å². The van der Waals surface area contributed by atoms with Gasteiger partial charge in [-0.25, -0.2) is 4.79 Å². The van der Waals surface area contributed by atoms with Crippen molar-refractivity contribution in [2.45, 2.75) is 25.2 Å². The first-order valence-electron chi connectivity index (χ1n) is 9.55. The summed E-state index contributed by atoms with van der Waals surface area (Å²) < 4.78 is 12.8. The van der Waals surface area contributed by atoms with E-state index in [1.165, 1.54) is 30.0 Å². The lowest BCUT2D eigenvalue weighted by atomic mass is 10.2. The average molecular weight is 477 g/mol. The SMILES string of the molecule is CCn1c(COc2ccc(OC)cc2)nnc1SCC(=O)Nc1cc(C(=O)O)ccc1Cl. The Bertz CT molecular complexity index is 1100. The van der Waals surface area contributed by atoms with Gasteiger partial charge in [0.2, 0.25) is 5.91 Å². The summed E-state index contributed by atoms with van der Waals surface area (Å²) in [4.78, 5) is 23.5. The molecule has 2 aromatic carbocycles. The Morgan fingerprint density at radius 1 is 1.16 bits per heavy atom. The summed E-state index contributed by atoms with van der Waals surface area (Å²) in [5.41, 5.74) is 0.271. The highest BCUT2D eigenvalue weighted by Gasteiger charge is 2.15. The van der Waals surface area contributed by atoms with Gasteiger partial charge in [-0.3, -0.25) is 4.79 Å². The van der Waals surface area contributed by atoms with Gasteiger partial charge in [0, 0.05) is 6.54 Å². The van der Waals surface area contributed by atoms with Crippen LogP contribution < -0.4 is 14.8 Å². The second-order valence-electron chi connectivity index (χ2n) is 6.44. The van der Waals surface area contributed by atoms with Crippen molar-refractivity contribution in [3.05, 3.63) is 58.9 Å².